The van der Waals surface area contributed by atoms with Crippen molar-refractivity contribution in [2.45, 2.75) is 32.9 Å². The molecule has 0 heterocycles. The fourth-order valence-corrected chi connectivity index (χ4v) is 3.53. The Labute approximate surface area is 196 Å². The second kappa shape index (κ2) is 13.5. The molecule has 0 saturated heterocycles. The minimum absolute atomic E-state index is 0.132. The Morgan fingerprint density at radius 3 is 2.65 bits per heavy atom. The Bertz CT molecular complexity index is 847. The molecule has 2 N–H and O–H groups in total. The van der Waals surface area contributed by atoms with Gasteiger partial charge in [-0.05, 0) is 56.2 Å². The molecule has 1 amide bonds. The van der Waals surface area contributed by atoms with Gasteiger partial charge in [-0.25, -0.2) is 0 Å². The van der Waals surface area contributed by atoms with Gasteiger partial charge in [-0.15, -0.1) is 0 Å². The molecule has 2 atom stereocenters. The zero-order valence-electron chi connectivity index (χ0n) is 18.5. The average molecular weight is 461 g/mol. The highest BCUT2D eigenvalue weighted by Gasteiger charge is 2.16. The summed E-state index contributed by atoms with van der Waals surface area (Å²) < 4.78 is 0. The van der Waals surface area contributed by atoms with Crippen molar-refractivity contribution >= 4 is 42.0 Å². The van der Waals surface area contributed by atoms with E-state index in [9.17, 15) is 4.79 Å². The van der Waals surface area contributed by atoms with E-state index < -0.39 is 0 Å². The van der Waals surface area contributed by atoms with Crippen LogP contribution in [0.15, 0.2) is 53.5 Å². The third-order valence-electron chi connectivity index (χ3n) is 5.01. The highest BCUT2D eigenvalue weighted by atomic mass is 35.5. The van der Waals surface area contributed by atoms with E-state index in [-0.39, 0.29) is 6.17 Å². The summed E-state index contributed by atoms with van der Waals surface area (Å²) in [5.41, 5.74) is 3.32. The topological polar surface area (TPSA) is 56.7 Å². The van der Waals surface area contributed by atoms with Crippen LogP contribution in [-0.4, -0.2) is 44.3 Å². The smallest absolute Gasteiger partial charge is 0.213 e. The lowest BCUT2D eigenvalue weighted by Crippen LogP contribution is -2.35. The van der Waals surface area contributed by atoms with Gasteiger partial charge in [-0.3, -0.25) is 15.1 Å². The summed E-state index contributed by atoms with van der Waals surface area (Å²) in [6.07, 6.45) is 2.95. The molecule has 0 aliphatic carbocycles. The van der Waals surface area contributed by atoms with Crippen molar-refractivity contribution in [1.82, 2.24) is 10.6 Å². The van der Waals surface area contributed by atoms with Crippen LogP contribution in [0, 0.1) is 5.92 Å². The first-order valence-corrected chi connectivity index (χ1v) is 11.6. The number of nitrogens with zero attached hydrogens (tertiary/aromatic N) is 2. The molecule has 0 bridgehead atoms. The first kappa shape index (κ1) is 25.4. The fraction of sp³-hybridized carbons (Fsp3) is 0.417. The number of rotatable bonds is 13. The molecule has 0 radical (unpaired) electrons. The Hall–Kier alpha value is -1.86. The first-order chi connectivity index (χ1) is 15.0. The predicted molar refractivity (Wildman–Crippen MR) is 136 cm³/mol. The maximum Gasteiger partial charge on any atom is 0.213 e. The minimum atomic E-state index is -0.132. The fourth-order valence-electron chi connectivity index (χ4n) is 3.17. The molecule has 7 heteroatoms. The molecule has 2 rings (SSSR count). The van der Waals surface area contributed by atoms with Crippen molar-refractivity contribution in [3.8, 4) is 0 Å². The third kappa shape index (κ3) is 8.30. The van der Waals surface area contributed by atoms with Crippen LogP contribution in [0.2, 0.25) is 5.02 Å². The number of aliphatic imine (C=N–C) groups is 1. The Morgan fingerprint density at radius 1 is 1.23 bits per heavy atom. The van der Waals surface area contributed by atoms with Gasteiger partial charge in [0.1, 0.15) is 0 Å². The van der Waals surface area contributed by atoms with Crippen LogP contribution in [0.25, 0.3) is 0 Å². The van der Waals surface area contributed by atoms with Gasteiger partial charge in [0, 0.05) is 29.9 Å². The van der Waals surface area contributed by atoms with E-state index in [1.165, 1.54) is 11.3 Å². The third-order valence-corrected chi connectivity index (χ3v) is 5.86. The number of hydrogen-bond acceptors (Lipinski definition) is 5. The lowest BCUT2D eigenvalue weighted by Gasteiger charge is -2.20. The van der Waals surface area contributed by atoms with Gasteiger partial charge >= 0.3 is 0 Å². The molecule has 31 heavy (non-hydrogen) atoms. The number of thiol groups is 1. The lowest BCUT2D eigenvalue weighted by atomic mass is 10.00. The van der Waals surface area contributed by atoms with Crippen molar-refractivity contribution in [3.63, 3.8) is 0 Å². The molecular weight excluding hydrogens is 428 g/mol. The molecule has 2 aromatic rings. The number of carbonyl (C=O) groups excluding carboxylic acids is 1. The Kier molecular flexibility index (Phi) is 11.1. The molecule has 0 spiro atoms. The van der Waals surface area contributed by atoms with Crippen molar-refractivity contribution in [2.75, 3.05) is 30.9 Å². The summed E-state index contributed by atoms with van der Waals surface area (Å²) >= 11 is 10.6. The highest BCUT2D eigenvalue weighted by molar-refractivity contribution is 7.80. The maximum absolute atomic E-state index is 11.4. The number of anilines is 1. The normalized spacial score (nSPS) is 13.6. The first-order valence-electron chi connectivity index (χ1n) is 10.6. The summed E-state index contributed by atoms with van der Waals surface area (Å²) in [6.45, 7) is 5.86. The van der Waals surface area contributed by atoms with Gasteiger partial charge in [0.2, 0.25) is 6.41 Å². The second-order valence-electron chi connectivity index (χ2n) is 7.71. The number of amides is 1. The number of benzene rings is 2. The average Bonchev–Trinajstić information content (AvgIpc) is 2.79. The summed E-state index contributed by atoms with van der Waals surface area (Å²) in [5, 5.41) is 7.41. The van der Waals surface area contributed by atoms with Crippen LogP contribution < -0.4 is 15.5 Å². The maximum atomic E-state index is 11.4. The van der Waals surface area contributed by atoms with Crippen molar-refractivity contribution in [2.24, 2.45) is 10.9 Å². The SMILES string of the molecule is CC(CS)CCCNCNC(C)/N=C(/c1ccccc1)c1cc(Cl)ccc1N(C)C=O. The highest BCUT2D eigenvalue weighted by Crippen LogP contribution is 2.26. The predicted octanol–water partition coefficient (Wildman–Crippen LogP) is 4.60. The van der Waals surface area contributed by atoms with Gasteiger partial charge in [0.15, 0.2) is 0 Å². The van der Waals surface area contributed by atoms with E-state index in [0.717, 1.165) is 47.7 Å². The number of halogens is 1. The van der Waals surface area contributed by atoms with Gasteiger partial charge in [-0.2, -0.15) is 12.6 Å². The lowest BCUT2D eigenvalue weighted by molar-refractivity contribution is -0.107. The number of carbonyl (C=O) groups is 1. The molecule has 0 aromatic heterocycles. The van der Waals surface area contributed by atoms with E-state index in [2.05, 4.69) is 30.2 Å². The van der Waals surface area contributed by atoms with Crippen molar-refractivity contribution < 1.29 is 4.79 Å². The van der Waals surface area contributed by atoms with Crippen LogP contribution in [0.3, 0.4) is 0 Å². The van der Waals surface area contributed by atoms with Crippen LogP contribution in [0.5, 0.6) is 0 Å². The van der Waals surface area contributed by atoms with E-state index in [1.807, 2.05) is 49.4 Å². The minimum Gasteiger partial charge on any atom is -0.317 e. The molecule has 0 fully saturated rings. The molecule has 2 unspecified atom stereocenters. The zero-order chi connectivity index (χ0) is 22.6. The Morgan fingerprint density at radius 2 is 1.97 bits per heavy atom. The Balaban J connectivity index is 2.17. The quantitative estimate of drug-likeness (QED) is 0.135. The van der Waals surface area contributed by atoms with Crippen molar-refractivity contribution in [1.29, 1.82) is 0 Å². The van der Waals surface area contributed by atoms with Crippen LogP contribution in [0.1, 0.15) is 37.8 Å². The van der Waals surface area contributed by atoms with E-state index in [0.29, 0.717) is 17.6 Å². The summed E-state index contributed by atoms with van der Waals surface area (Å²) in [5.74, 6) is 1.57. The van der Waals surface area contributed by atoms with Gasteiger partial charge in [0.25, 0.3) is 0 Å². The summed E-state index contributed by atoms with van der Waals surface area (Å²) in [4.78, 5) is 17.9. The van der Waals surface area contributed by atoms with Crippen LogP contribution >= 0.6 is 24.2 Å². The van der Waals surface area contributed by atoms with E-state index in [4.69, 9.17) is 16.6 Å². The van der Waals surface area contributed by atoms with Gasteiger partial charge in [-0.1, -0.05) is 48.9 Å². The van der Waals surface area contributed by atoms with Gasteiger partial charge in [0.05, 0.1) is 17.6 Å². The molecule has 0 saturated carbocycles. The van der Waals surface area contributed by atoms with Crippen LogP contribution in [0.4, 0.5) is 5.69 Å². The summed E-state index contributed by atoms with van der Waals surface area (Å²) in [6, 6.07) is 15.4. The molecular formula is C24H33ClN4OS. The van der Waals surface area contributed by atoms with Gasteiger partial charge < -0.3 is 10.2 Å². The second-order valence-corrected chi connectivity index (χ2v) is 8.51. The summed E-state index contributed by atoms with van der Waals surface area (Å²) in [7, 11) is 1.72. The number of nitrogens with one attached hydrogen (secondary N) is 2. The molecule has 168 valence electrons. The number of hydrogen-bond donors (Lipinski definition) is 3. The molecule has 2 aromatic carbocycles. The molecule has 5 nitrogen and oxygen atoms in total. The van der Waals surface area contributed by atoms with E-state index >= 15 is 0 Å². The zero-order valence-corrected chi connectivity index (χ0v) is 20.2. The largest absolute Gasteiger partial charge is 0.317 e. The standard InChI is InChI=1S/C24H33ClN4OS/c1-18(15-31)8-7-13-26-16-27-19(2)28-24(20-9-5-4-6-10-20)22-14-21(25)11-12-23(22)29(3)17-30/h4-6,9-12,14,17-19,26-27,31H,7-8,13,15-16H2,1-3H3/b28-24-. The van der Waals surface area contributed by atoms with Crippen LogP contribution in [-0.2, 0) is 4.79 Å². The molecule has 0 aliphatic heterocycles. The molecule has 0 aliphatic rings. The van der Waals surface area contributed by atoms with E-state index in [1.54, 1.807) is 13.1 Å². The monoisotopic (exact) mass is 460 g/mol. The van der Waals surface area contributed by atoms with Crippen molar-refractivity contribution in [3.05, 3.63) is 64.7 Å².